The molecule has 2 amide bonds. The van der Waals surface area contributed by atoms with Crippen LogP contribution in [-0.4, -0.2) is 46.8 Å². The van der Waals surface area contributed by atoms with Crippen LogP contribution in [0.4, 0.5) is 0 Å². The summed E-state index contributed by atoms with van der Waals surface area (Å²) < 4.78 is 6.92. The van der Waals surface area contributed by atoms with E-state index in [0.717, 1.165) is 12.0 Å². The number of piperidine rings is 1. The summed E-state index contributed by atoms with van der Waals surface area (Å²) in [6, 6.07) is 12.6. The second-order valence-electron chi connectivity index (χ2n) is 8.19. The van der Waals surface area contributed by atoms with Crippen molar-refractivity contribution in [1.82, 2.24) is 20.2 Å². The molecule has 0 saturated carbocycles. The quantitative estimate of drug-likeness (QED) is 0.531. The van der Waals surface area contributed by atoms with Crippen LogP contribution in [-0.2, 0) is 4.79 Å². The van der Waals surface area contributed by atoms with Gasteiger partial charge in [0.25, 0.3) is 5.91 Å². The average molecular weight is 502 g/mol. The zero-order valence-electron chi connectivity index (χ0n) is 18.8. The molecular weight excluding hydrogens is 477 g/mol. The van der Waals surface area contributed by atoms with Gasteiger partial charge in [-0.05, 0) is 62.2 Å². The van der Waals surface area contributed by atoms with Crippen molar-refractivity contribution in [2.24, 2.45) is 11.7 Å². The van der Waals surface area contributed by atoms with Crippen LogP contribution in [0.3, 0.4) is 0 Å². The first-order valence-electron chi connectivity index (χ1n) is 10.8. The van der Waals surface area contributed by atoms with Gasteiger partial charge >= 0.3 is 0 Å². The lowest BCUT2D eigenvalue weighted by Gasteiger charge is -2.30. The molecule has 1 saturated heterocycles. The molecule has 0 bridgehead atoms. The molecule has 4 rings (SSSR count). The fraction of sp³-hybridized carbons (Fsp3) is 0.292. The van der Waals surface area contributed by atoms with E-state index in [1.165, 1.54) is 0 Å². The third kappa shape index (κ3) is 4.89. The largest absolute Gasteiger partial charge is 0.497 e. The molecule has 3 aromatic rings. The predicted molar refractivity (Wildman–Crippen MR) is 131 cm³/mol. The summed E-state index contributed by atoms with van der Waals surface area (Å²) in [6.07, 6.45) is 1.48. The third-order valence-electron chi connectivity index (χ3n) is 5.92. The van der Waals surface area contributed by atoms with Gasteiger partial charge in [-0.2, -0.15) is 5.10 Å². The number of carbonyl (C=O) groups is 2. The van der Waals surface area contributed by atoms with Crippen molar-refractivity contribution in [3.8, 4) is 22.7 Å². The Morgan fingerprint density at radius 3 is 2.56 bits per heavy atom. The van der Waals surface area contributed by atoms with Crippen LogP contribution in [0.15, 0.2) is 42.5 Å². The van der Waals surface area contributed by atoms with Gasteiger partial charge in [0.1, 0.15) is 5.75 Å². The highest BCUT2D eigenvalue weighted by molar-refractivity contribution is 6.35. The van der Waals surface area contributed by atoms with Gasteiger partial charge in [-0.1, -0.05) is 23.2 Å². The number of benzene rings is 2. The van der Waals surface area contributed by atoms with Crippen molar-refractivity contribution >= 4 is 35.0 Å². The minimum Gasteiger partial charge on any atom is -0.497 e. The SMILES string of the molecule is COc1ccc(-c2c(C)c(C(=O)NN3CCCC(C(N)=O)C3)nn2-c2ccc(Cl)cc2Cl)cc1. The highest BCUT2D eigenvalue weighted by atomic mass is 35.5. The van der Waals surface area contributed by atoms with Crippen molar-refractivity contribution in [2.45, 2.75) is 19.8 Å². The van der Waals surface area contributed by atoms with Crippen LogP contribution in [0.1, 0.15) is 28.9 Å². The number of primary amides is 1. The van der Waals surface area contributed by atoms with Crippen LogP contribution < -0.4 is 15.9 Å². The average Bonchev–Trinajstić information content (AvgIpc) is 3.16. The Morgan fingerprint density at radius 2 is 1.91 bits per heavy atom. The van der Waals surface area contributed by atoms with Gasteiger partial charge in [-0.3, -0.25) is 15.0 Å². The van der Waals surface area contributed by atoms with Crippen molar-refractivity contribution in [3.63, 3.8) is 0 Å². The van der Waals surface area contributed by atoms with E-state index >= 15 is 0 Å². The molecule has 0 aliphatic carbocycles. The highest BCUT2D eigenvalue weighted by Gasteiger charge is 2.28. The van der Waals surface area contributed by atoms with E-state index in [9.17, 15) is 9.59 Å². The first kappa shape index (κ1) is 24.1. The van der Waals surface area contributed by atoms with Crippen LogP contribution >= 0.6 is 23.2 Å². The van der Waals surface area contributed by atoms with E-state index < -0.39 is 0 Å². The number of hydrazine groups is 1. The van der Waals surface area contributed by atoms with Gasteiger partial charge in [0.2, 0.25) is 5.91 Å². The van der Waals surface area contributed by atoms with Gasteiger partial charge in [0.05, 0.1) is 29.4 Å². The summed E-state index contributed by atoms with van der Waals surface area (Å²) in [5.74, 6) is -0.320. The molecule has 2 heterocycles. The molecule has 2 aromatic carbocycles. The number of hydrogen-bond acceptors (Lipinski definition) is 5. The Morgan fingerprint density at radius 1 is 1.18 bits per heavy atom. The van der Waals surface area contributed by atoms with Gasteiger partial charge in [-0.15, -0.1) is 0 Å². The molecule has 1 unspecified atom stereocenters. The van der Waals surface area contributed by atoms with Crippen LogP contribution in [0.2, 0.25) is 10.0 Å². The maximum atomic E-state index is 13.3. The van der Waals surface area contributed by atoms with E-state index in [0.29, 0.717) is 52.2 Å². The summed E-state index contributed by atoms with van der Waals surface area (Å²) in [4.78, 5) is 24.9. The predicted octanol–water partition coefficient (Wildman–Crippen LogP) is 4.01. The molecule has 34 heavy (non-hydrogen) atoms. The van der Waals surface area contributed by atoms with E-state index in [2.05, 4.69) is 10.5 Å². The fourth-order valence-corrected chi connectivity index (χ4v) is 4.62. The number of amides is 2. The Hall–Kier alpha value is -3.07. The van der Waals surface area contributed by atoms with E-state index in [1.54, 1.807) is 35.0 Å². The number of rotatable bonds is 6. The number of aromatic nitrogens is 2. The number of hydrogen-bond donors (Lipinski definition) is 2. The molecule has 178 valence electrons. The van der Waals surface area contributed by atoms with Crippen LogP contribution in [0.5, 0.6) is 5.75 Å². The number of nitrogens with two attached hydrogens (primary N) is 1. The normalized spacial score (nSPS) is 16.3. The number of ether oxygens (including phenoxy) is 1. The molecule has 1 aromatic heterocycles. The van der Waals surface area contributed by atoms with Gasteiger partial charge in [0, 0.05) is 29.2 Å². The monoisotopic (exact) mass is 501 g/mol. The van der Waals surface area contributed by atoms with Gasteiger partial charge in [0.15, 0.2) is 5.69 Å². The maximum absolute atomic E-state index is 13.3. The minimum atomic E-state index is -0.374. The summed E-state index contributed by atoms with van der Waals surface area (Å²) in [5, 5.41) is 7.26. The molecule has 1 atom stereocenters. The van der Waals surface area contributed by atoms with Crippen LogP contribution in [0, 0.1) is 12.8 Å². The Bertz CT molecular complexity index is 1230. The van der Waals surface area contributed by atoms with Crippen molar-refractivity contribution in [3.05, 3.63) is 63.8 Å². The van der Waals surface area contributed by atoms with Crippen molar-refractivity contribution in [2.75, 3.05) is 20.2 Å². The second-order valence-corrected chi connectivity index (χ2v) is 9.03. The van der Waals surface area contributed by atoms with E-state index in [4.69, 9.17) is 33.7 Å². The zero-order valence-corrected chi connectivity index (χ0v) is 20.4. The Kier molecular flexibility index (Phi) is 7.11. The topological polar surface area (TPSA) is 102 Å². The van der Waals surface area contributed by atoms with Crippen LogP contribution in [0.25, 0.3) is 16.9 Å². The lowest BCUT2D eigenvalue weighted by Crippen LogP contribution is -2.50. The molecule has 1 aliphatic rings. The molecular formula is C24H25Cl2N5O3. The number of methoxy groups -OCH3 is 1. The number of nitrogens with zero attached hydrogens (tertiary/aromatic N) is 3. The molecule has 0 radical (unpaired) electrons. The highest BCUT2D eigenvalue weighted by Crippen LogP contribution is 2.33. The molecule has 1 fully saturated rings. The number of nitrogens with one attached hydrogen (secondary N) is 1. The maximum Gasteiger partial charge on any atom is 0.286 e. The molecule has 3 N–H and O–H groups in total. The molecule has 1 aliphatic heterocycles. The zero-order chi connectivity index (χ0) is 24.4. The number of carbonyl (C=O) groups excluding carboxylic acids is 2. The second kappa shape index (κ2) is 10.0. The smallest absolute Gasteiger partial charge is 0.286 e. The lowest BCUT2D eigenvalue weighted by atomic mass is 9.99. The lowest BCUT2D eigenvalue weighted by molar-refractivity contribution is -0.123. The minimum absolute atomic E-state index is 0.248. The summed E-state index contributed by atoms with van der Waals surface area (Å²) in [7, 11) is 1.60. The Labute approximate surface area is 207 Å². The van der Waals surface area contributed by atoms with Gasteiger partial charge < -0.3 is 10.5 Å². The molecule has 8 nitrogen and oxygen atoms in total. The number of halogens is 2. The molecule has 10 heteroatoms. The Balaban J connectivity index is 1.74. The first-order valence-corrected chi connectivity index (χ1v) is 11.6. The van der Waals surface area contributed by atoms with Gasteiger partial charge in [-0.25, -0.2) is 9.69 Å². The van der Waals surface area contributed by atoms with E-state index in [1.807, 2.05) is 31.2 Å². The van der Waals surface area contributed by atoms with Crippen molar-refractivity contribution in [1.29, 1.82) is 0 Å². The van der Waals surface area contributed by atoms with E-state index in [-0.39, 0.29) is 23.4 Å². The molecule has 0 spiro atoms. The fourth-order valence-electron chi connectivity index (χ4n) is 4.13. The van der Waals surface area contributed by atoms with Crippen molar-refractivity contribution < 1.29 is 14.3 Å². The summed E-state index contributed by atoms with van der Waals surface area (Å²) >= 11 is 12.6. The summed E-state index contributed by atoms with van der Waals surface area (Å²) in [6.45, 7) is 2.84. The standard InChI is InChI=1S/C24H25Cl2N5O3/c1-14-21(24(33)29-30-11-3-4-16(13-30)23(27)32)28-31(20-10-7-17(25)12-19(20)26)22(14)15-5-8-18(34-2)9-6-15/h5-10,12,16H,3-4,11,13H2,1-2H3,(H2,27,32)(H,29,33). The third-order valence-corrected chi connectivity index (χ3v) is 6.46. The summed E-state index contributed by atoms with van der Waals surface area (Å²) in [5.41, 5.74) is 11.4. The first-order chi connectivity index (χ1) is 16.3.